The van der Waals surface area contributed by atoms with Gasteiger partial charge in [0.15, 0.2) is 11.6 Å². The SMILES string of the molecule is COc1cc2c(NC3CCSc4ccc(F)cc43)ncnc2cc1F. The van der Waals surface area contributed by atoms with Crippen LogP contribution in [-0.2, 0) is 0 Å². The number of thioether (sulfide) groups is 1. The zero-order valence-corrected chi connectivity index (χ0v) is 14.2. The molecule has 1 unspecified atom stereocenters. The summed E-state index contributed by atoms with van der Waals surface area (Å²) in [5.41, 5.74) is 1.40. The molecule has 3 aromatic rings. The van der Waals surface area contributed by atoms with Crippen molar-refractivity contribution < 1.29 is 13.5 Å². The van der Waals surface area contributed by atoms with Gasteiger partial charge in [0.25, 0.3) is 0 Å². The van der Waals surface area contributed by atoms with Gasteiger partial charge in [0, 0.05) is 22.1 Å². The number of hydrogen-bond donors (Lipinski definition) is 1. The molecule has 4 rings (SSSR count). The van der Waals surface area contributed by atoms with Crippen molar-refractivity contribution in [2.45, 2.75) is 17.4 Å². The number of rotatable bonds is 3. The molecule has 1 N–H and O–H groups in total. The number of ether oxygens (including phenoxy) is 1. The fourth-order valence-electron chi connectivity index (χ4n) is 3.01. The van der Waals surface area contributed by atoms with Gasteiger partial charge in [-0.15, -0.1) is 11.8 Å². The molecular weight excluding hydrogens is 344 g/mol. The lowest BCUT2D eigenvalue weighted by molar-refractivity contribution is 0.387. The molecule has 0 saturated heterocycles. The predicted molar refractivity (Wildman–Crippen MR) is 94.2 cm³/mol. The Kier molecular flexibility index (Phi) is 4.17. The average Bonchev–Trinajstić information content (AvgIpc) is 2.62. The molecule has 0 amide bonds. The first-order valence-corrected chi connectivity index (χ1v) is 8.81. The molecule has 25 heavy (non-hydrogen) atoms. The summed E-state index contributed by atoms with van der Waals surface area (Å²) in [6.07, 6.45) is 2.23. The highest BCUT2D eigenvalue weighted by molar-refractivity contribution is 7.99. The highest BCUT2D eigenvalue weighted by Gasteiger charge is 2.22. The van der Waals surface area contributed by atoms with E-state index < -0.39 is 5.82 Å². The van der Waals surface area contributed by atoms with Crippen LogP contribution in [0.15, 0.2) is 41.6 Å². The molecule has 0 saturated carbocycles. The minimum absolute atomic E-state index is 0.0684. The summed E-state index contributed by atoms with van der Waals surface area (Å²) < 4.78 is 32.6. The second-order valence-electron chi connectivity index (χ2n) is 5.74. The Balaban J connectivity index is 1.76. The van der Waals surface area contributed by atoms with E-state index in [1.807, 2.05) is 0 Å². The van der Waals surface area contributed by atoms with Crippen molar-refractivity contribution in [2.24, 2.45) is 0 Å². The van der Waals surface area contributed by atoms with Crippen molar-refractivity contribution >= 4 is 28.5 Å². The molecule has 1 aliphatic rings. The number of fused-ring (bicyclic) bond motifs is 2. The van der Waals surface area contributed by atoms with E-state index in [0.717, 1.165) is 22.6 Å². The molecule has 0 radical (unpaired) electrons. The molecule has 1 aliphatic heterocycles. The number of methoxy groups -OCH3 is 1. The third-order valence-electron chi connectivity index (χ3n) is 4.23. The van der Waals surface area contributed by atoms with Crippen molar-refractivity contribution in [3.05, 3.63) is 53.9 Å². The summed E-state index contributed by atoms with van der Waals surface area (Å²) in [7, 11) is 1.42. The van der Waals surface area contributed by atoms with Crippen LogP contribution in [-0.4, -0.2) is 22.8 Å². The molecule has 4 nitrogen and oxygen atoms in total. The zero-order valence-electron chi connectivity index (χ0n) is 13.4. The predicted octanol–water partition coefficient (Wildman–Crippen LogP) is 4.57. The van der Waals surface area contributed by atoms with Crippen LogP contribution in [0.25, 0.3) is 10.9 Å². The topological polar surface area (TPSA) is 47.0 Å². The Morgan fingerprint density at radius 3 is 2.92 bits per heavy atom. The first-order chi connectivity index (χ1) is 12.2. The average molecular weight is 359 g/mol. The van der Waals surface area contributed by atoms with Gasteiger partial charge >= 0.3 is 0 Å². The van der Waals surface area contributed by atoms with E-state index in [1.165, 1.54) is 25.6 Å². The summed E-state index contributed by atoms with van der Waals surface area (Å²) in [5, 5.41) is 4.03. The summed E-state index contributed by atoms with van der Waals surface area (Å²) in [6.45, 7) is 0. The van der Waals surface area contributed by atoms with Gasteiger partial charge in [-0.3, -0.25) is 0 Å². The van der Waals surface area contributed by atoms with Crippen molar-refractivity contribution in [1.29, 1.82) is 0 Å². The van der Waals surface area contributed by atoms with Gasteiger partial charge in [-0.25, -0.2) is 18.7 Å². The van der Waals surface area contributed by atoms with E-state index in [9.17, 15) is 8.78 Å². The second-order valence-corrected chi connectivity index (χ2v) is 6.88. The number of aromatic nitrogens is 2. The molecular formula is C18H15F2N3OS. The van der Waals surface area contributed by atoms with Crippen LogP contribution in [0.5, 0.6) is 5.75 Å². The smallest absolute Gasteiger partial charge is 0.167 e. The number of nitrogens with one attached hydrogen (secondary N) is 1. The second kappa shape index (κ2) is 6.48. The number of benzene rings is 2. The van der Waals surface area contributed by atoms with Gasteiger partial charge < -0.3 is 10.1 Å². The van der Waals surface area contributed by atoms with Crippen LogP contribution in [0.3, 0.4) is 0 Å². The van der Waals surface area contributed by atoms with Crippen LogP contribution in [0.1, 0.15) is 18.0 Å². The standard InChI is InChI=1S/C18H15F2N3OS/c1-24-16-7-12-15(8-13(16)20)21-9-22-18(12)23-14-4-5-25-17-3-2-10(19)6-11(14)17/h2-3,6-9,14H,4-5H2,1H3,(H,21,22,23). The molecule has 1 aromatic heterocycles. The van der Waals surface area contributed by atoms with Crippen molar-refractivity contribution in [2.75, 3.05) is 18.2 Å². The molecule has 1 atom stereocenters. The van der Waals surface area contributed by atoms with Crippen LogP contribution < -0.4 is 10.1 Å². The number of halogens is 2. The molecule has 0 spiro atoms. The van der Waals surface area contributed by atoms with E-state index in [0.29, 0.717) is 16.7 Å². The maximum atomic E-state index is 13.9. The first kappa shape index (κ1) is 16.1. The highest BCUT2D eigenvalue weighted by Crippen LogP contribution is 2.39. The van der Waals surface area contributed by atoms with Crippen molar-refractivity contribution in [1.82, 2.24) is 9.97 Å². The largest absolute Gasteiger partial charge is 0.494 e. The highest BCUT2D eigenvalue weighted by atomic mass is 32.2. The Bertz CT molecular complexity index is 951. The van der Waals surface area contributed by atoms with E-state index in [2.05, 4.69) is 15.3 Å². The lowest BCUT2D eigenvalue weighted by atomic mass is 10.0. The fourth-order valence-corrected chi connectivity index (χ4v) is 4.12. The van der Waals surface area contributed by atoms with Crippen LogP contribution in [0.2, 0.25) is 0 Å². The third kappa shape index (κ3) is 3.00. The van der Waals surface area contributed by atoms with Gasteiger partial charge in [0.2, 0.25) is 0 Å². The third-order valence-corrected chi connectivity index (χ3v) is 5.35. The number of anilines is 1. The van der Waals surface area contributed by atoms with Gasteiger partial charge in [-0.05, 0) is 36.2 Å². The van der Waals surface area contributed by atoms with E-state index in [4.69, 9.17) is 4.74 Å². The monoisotopic (exact) mass is 359 g/mol. The van der Waals surface area contributed by atoms with E-state index in [1.54, 1.807) is 30.0 Å². The fraction of sp³-hybridized carbons (Fsp3) is 0.222. The van der Waals surface area contributed by atoms with Gasteiger partial charge in [-0.1, -0.05) is 0 Å². The number of hydrogen-bond acceptors (Lipinski definition) is 5. The normalized spacial score (nSPS) is 16.5. The van der Waals surface area contributed by atoms with Gasteiger partial charge in [-0.2, -0.15) is 0 Å². The molecule has 0 aliphatic carbocycles. The Morgan fingerprint density at radius 1 is 1.20 bits per heavy atom. The molecule has 0 bridgehead atoms. The Morgan fingerprint density at radius 2 is 2.08 bits per heavy atom. The Labute approximate surface area is 147 Å². The molecule has 7 heteroatoms. The first-order valence-electron chi connectivity index (χ1n) is 7.83. The van der Waals surface area contributed by atoms with Crippen molar-refractivity contribution in [3.63, 3.8) is 0 Å². The van der Waals surface area contributed by atoms with Gasteiger partial charge in [0.1, 0.15) is 18.0 Å². The van der Waals surface area contributed by atoms with Crippen LogP contribution in [0, 0.1) is 11.6 Å². The quantitative estimate of drug-likeness (QED) is 0.742. The summed E-state index contributed by atoms with van der Waals surface area (Å²) in [6, 6.07) is 7.67. The molecule has 2 aromatic carbocycles. The van der Waals surface area contributed by atoms with Crippen LogP contribution >= 0.6 is 11.8 Å². The summed E-state index contributed by atoms with van der Waals surface area (Å²) in [4.78, 5) is 9.48. The lowest BCUT2D eigenvalue weighted by Gasteiger charge is -2.26. The van der Waals surface area contributed by atoms with E-state index in [-0.39, 0.29) is 17.6 Å². The van der Waals surface area contributed by atoms with Crippen molar-refractivity contribution in [3.8, 4) is 5.75 Å². The summed E-state index contributed by atoms with van der Waals surface area (Å²) >= 11 is 1.71. The number of nitrogens with zero attached hydrogens (tertiary/aromatic N) is 2. The Hall–Kier alpha value is -2.41. The lowest BCUT2D eigenvalue weighted by Crippen LogP contribution is -2.17. The zero-order chi connectivity index (χ0) is 17.4. The maximum absolute atomic E-state index is 13.9. The maximum Gasteiger partial charge on any atom is 0.167 e. The molecule has 128 valence electrons. The molecule has 2 heterocycles. The minimum atomic E-state index is -0.471. The summed E-state index contributed by atoms with van der Waals surface area (Å²) in [5.74, 6) is 0.911. The minimum Gasteiger partial charge on any atom is -0.494 e. The molecule has 0 fully saturated rings. The van der Waals surface area contributed by atoms with E-state index >= 15 is 0 Å². The van der Waals surface area contributed by atoms with Crippen LogP contribution in [0.4, 0.5) is 14.6 Å². The van der Waals surface area contributed by atoms with Gasteiger partial charge in [0.05, 0.1) is 18.7 Å².